The molecule has 0 spiro atoms. The molecule has 0 radical (unpaired) electrons. The van der Waals surface area contributed by atoms with E-state index in [4.69, 9.17) is 9.47 Å². The predicted octanol–water partition coefficient (Wildman–Crippen LogP) is 0.628. The Morgan fingerprint density at radius 3 is 2.35 bits per heavy atom. The van der Waals surface area contributed by atoms with E-state index in [0.29, 0.717) is 44.9 Å². The molecule has 0 aliphatic heterocycles. The van der Waals surface area contributed by atoms with E-state index in [-0.39, 0.29) is 18.4 Å². The fourth-order valence-electron chi connectivity index (χ4n) is 1.25. The van der Waals surface area contributed by atoms with Gasteiger partial charge in [-0.25, -0.2) is 0 Å². The fraction of sp³-hybridized carbons (Fsp3) is 0.714. The number of hydrogen-bond acceptors (Lipinski definition) is 4. The molecule has 0 aromatic heterocycles. The molecule has 0 heterocycles. The maximum Gasteiger partial charge on any atom is 0.246 e. The minimum absolute atomic E-state index is 0.0353. The standard InChI is InChI=1S/C14H26N2O4/c1-4-8-19-9-10-20-11-13(17)15-6-5-7-16-14(18)12(2)3/h2,4-11H2,1,3H3,(H,15,17)(H,16,18). The molecule has 0 rings (SSSR count). The molecule has 0 aromatic carbocycles. The summed E-state index contributed by atoms with van der Waals surface area (Å²) in [4.78, 5) is 22.5. The molecule has 0 unspecified atom stereocenters. The molecule has 2 N–H and O–H groups in total. The van der Waals surface area contributed by atoms with E-state index in [2.05, 4.69) is 17.2 Å². The van der Waals surface area contributed by atoms with E-state index in [1.54, 1.807) is 6.92 Å². The van der Waals surface area contributed by atoms with E-state index < -0.39 is 0 Å². The molecule has 0 saturated carbocycles. The Bertz CT molecular complexity index is 306. The summed E-state index contributed by atoms with van der Waals surface area (Å²) in [7, 11) is 0. The lowest BCUT2D eigenvalue weighted by Crippen LogP contribution is -2.32. The SMILES string of the molecule is C=C(C)C(=O)NCCCNC(=O)COCCOCCC. The Labute approximate surface area is 120 Å². The van der Waals surface area contributed by atoms with Crippen molar-refractivity contribution in [1.82, 2.24) is 10.6 Å². The molecular formula is C14H26N2O4. The van der Waals surface area contributed by atoms with Crippen molar-refractivity contribution in [1.29, 1.82) is 0 Å². The minimum atomic E-state index is -0.160. The largest absolute Gasteiger partial charge is 0.379 e. The molecule has 116 valence electrons. The van der Waals surface area contributed by atoms with E-state index >= 15 is 0 Å². The smallest absolute Gasteiger partial charge is 0.246 e. The van der Waals surface area contributed by atoms with Gasteiger partial charge >= 0.3 is 0 Å². The van der Waals surface area contributed by atoms with Gasteiger partial charge in [-0.2, -0.15) is 0 Å². The Balaban J connectivity index is 3.32. The third-order valence-corrected chi connectivity index (χ3v) is 2.30. The highest BCUT2D eigenvalue weighted by Gasteiger charge is 2.02. The van der Waals surface area contributed by atoms with Crippen LogP contribution in [0.15, 0.2) is 12.2 Å². The van der Waals surface area contributed by atoms with Crippen molar-refractivity contribution in [3.63, 3.8) is 0 Å². The van der Waals surface area contributed by atoms with Crippen LogP contribution < -0.4 is 10.6 Å². The number of rotatable bonds is 12. The fourth-order valence-corrected chi connectivity index (χ4v) is 1.25. The summed E-state index contributed by atoms with van der Waals surface area (Å²) in [5.74, 6) is -0.321. The molecule has 0 aliphatic rings. The summed E-state index contributed by atoms with van der Waals surface area (Å²) >= 11 is 0. The molecule has 20 heavy (non-hydrogen) atoms. The summed E-state index contributed by atoms with van der Waals surface area (Å²) in [6.07, 6.45) is 1.65. The van der Waals surface area contributed by atoms with Crippen LogP contribution in [-0.4, -0.2) is 51.3 Å². The lowest BCUT2D eigenvalue weighted by atomic mass is 10.3. The van der Waals surface area contributed by atoms with Crippen molar-refractivity contribution < 1.29 is 19.1 Å². The van der Waals surface area contributed by atoms with Gasteiger partial charge in [0.15, 0.2) is 0 Å². The Morgan fingerprint density at radius 1 is 1.05 bits per heavy atom. The van der Waals surface area contributed by atoms with Gasteiger partial charge in [-0.1, -0.05) is 13.5 Å². The molecule has 6 nitrogen and oxygen atoms in total. The summed E-state index contributed by atoms with van der Waals surface area (Å²) in [5.41, 5.74) is 0.479. The highest BCUT2D eigenvalue weighted by Crippen LogP contribution is 1.86. The maximum absolute atomic E-state index is 11.4. The molecule has 0 saturated heterocycles. The van der Waals surface area contributed by atoms with Gasteiger partial charge in [-0.15, -0.1) is 0 Å². The van der Waals surface area contributed by atoms with Gasteiger partial charge in [0.1, 0.15) is 6.61 Å². The van der Waals surface area contributed by atoms with Crippen molar-refractivity contribution in [2.45, 2.75) is 26.7 Å². The van der Waals surface area contributed by atoms with Crippen molar-refractivity contribution in [3.8, 4) is 0 Å². The van der Waals surface area contributed by atoms with Crippen LogP contribution >= 0.6 is 0 Å². The van der Waals surface area contributed by atoms with Gasteiger partial charge < -0.3 is 20.1 Å². The van der Waals surface area contributed by atoms with Gasteiger partial charge in [-0.3, -0.25) is 9.59 Å². The number of carbonyl (C=O) groups excluding carboxylic acids is 2. The molecule has 0 fully saturated rings. The van der Waals surface area contributed by atoms with Crippen LogP contribution in [0.3, 0.4) is 0 Å². The third kappa shape index (κ3) is 11.7. The van der Waals surface area contributed by atoms with Crippen LogP contribution in [0.2, 0.25) is 0 Å². The van der Waals surface area contributed by atoms with Crippen LogP contribution in [0.1, 0.15) is 26.7 Å². The average Bonchev–Trinajstić information content (AvgIpc) is 2.41. The number of carbonyl (C=O) groups is 2. The predicted molar refractivity (Wildman–Crippen MR) is 77.4 cm³/mol. The first-order valence-corrected chi connectivity index (χ1v) is 6.93. The van der Waals surface area contributed by atoms with Crippen molar-refractivity contribution in [3.05, 3.63) is 12.2 Å². The molecule has 0 atom stereocenters. The van der Waals surface area contributed by atoms with Crippen molar-refractivity contribution >= 4 is 11.8 Å². The number of ether oxygens (including phenoxy) is 2. The first-order chi connectivity index (χ1) is 9.57. The van der Waals surface area contributed by atoms with Crippen molar-refractivity contribution in [2.75, 3.05) is 39.5 Å². The van der Waals surface area contributed by atoms with E-state index in [1.165, 1.54) is 0 Å². The molecule has 0 aliphatic carbocycles. The zero-order chi connectivity index (χ0) is 15.2. The average molecular weight is 286 g/mol. The summed E-state index contributed by atoms with van der Waals surface area (Å²) < 4.78 is 10.4. The van der Waals surface area contributed by atoms with Gasteiger partial charge in [0.05, 0.1) is 13.2 Å². The minimum Gasteiger partial charge on any atom is -0.379 e. The van der Waals surface area contributed by atoms with E-state index in [9.17, 15) is 9.59 Å². The second-order valence-electron chi connectivity index (χ2n) is 4.40. The maximum atomic E-state index is 11.4. The summed E-state index contributed by atoms with van der Waals surface area (Å²) in [6.45, 7) is 9.91. The number of hydrogen-bond donors (Lipinski definition) is 2. The van der Waals surface area contributed by atoms with Crippen LogP contribution in [-0.2, 0) is 19.1 Å². The summed E-state index contributed by atoms with van der Waals surface area (Å²) in [6, 6.07) is 0. The molecule has 2 amide bonds. The lowest BCUT2D eigenvalue weighted by Gasteiger charge is -2.07. The number of nitrogens with one attached hydrogen (secondary N) is 2. The van der Waals surface area contributed by atoms with Gasteiger partial charge in [0.25, 0.3) is 0 Å². The van der Waals surface area contributed by atoms with Gasteiger partial charge in [0, 0.05) is 25.3 Å². The Hall–Kier alpha value is -1.40. The topological polar surface area (TPSA) is 76.7 Å². The highest BCUT2D eigenvalue weighted by molar-refractivity contribution is 5.92. The lowest BCUT2D eigenvalue weighted by molar-refractivity contribution is -0.126. The van der Waals surface area contributed by atoms with Crippen LogP contribution in [0.4, 0.5) is 0 Å². The number of amides is 2. The van der Waals surface area contributed by atoms with Crippen LogP contribution in [0.5, 0.6) is 0 Å². The van der Waals surface area contributed by atoms with Crippen molar-refractivity contribution in [2.24, 2.45) is 0 Å². The van der Waals surface area contributed by atoms with E-state index in [0.717, 1.165) is 6.42 Å². The Morgan fingerprint density at radius 2 is 1.70 bits per heavy atom. The second-order valence-corrected chi connectivity index (χ2v) is 4.40. The van der Waals surface area contributed by atoms with Gasteiger partial charge in [0.2, 0.25) is 11.8 Å². The van der Waals surface area contributed by atoms with Crippen LogP contribution in [0.25, 0.3) is 0 Å². The monoisotopic (exact) mass is 286 g/mol. The zero-order valence-corrected chi connectivity index (χ0v) is 12.5. The quantitative estimate of drug-likeness (QED) is 0.407. The molecular weight excluding hydrogens is 260 g/mol. The zero-order valence-electron chi connectivity index (χ0n) is 12.5. The molecule has 0 bridgehead atoms. The van der Waals surface area contributed by atoms with Crippen LogP contribution in [0, 0.1) is 0 Å². The summed E-state index contributed by atoms with van der Waals surface area (Å²) in [5, 5.41) is 5.40. The Kier molecular flexibility index (Phi) is 11.7. The molecule has 6 heteroatoms. The highest BCUT2D eigenvalue weighted by atomic mass is 16.5. The second kappa shape index (κ2) is 12.6. The first kappa shape index (κ1) is 18.6. The van der Waals surface area contributed by atoms with E-state index in [1.807, 2.05) is 6.92 Å². The first-order valence-electron chi connectivity index (χ1n) is 6.93. The third-order valence-electron chi connectivity index (χ3n) is 2.30. The molecule has 0 aromatic rings. The normalized spacial score (nSPS) is 10.1. The van der Waals surface area contributed by atoms with Gasteiger partial charge in [-0.05, 0) is 19.8 Å².